The second-order valence-corrected chi connectivity index (χ2v) is 6.24. The minimum Gasteiger partial charge on any atom is -0.481 e. The van der Waals surface area contributed by atoms with E-state index in [-0.39, 0.29) is 23.8 Å². The van der Waals surface area contributed by atoms with Crippen LogP contribution in [-0.4, -0.2) is 41.6 Å². The molecule has 5 nitrogen and oxygen atoms in total. The number of carboxylic acids is 1. The minimum absolute atomic E-state index is 0.0628. The SMILES string of the molecule is CC(C)(C)CCNC(=O)N1CCC(CC(=O)O)C1. The number of hydrogen-bond donors (Lipinski definition) is 2. The lowest BCUT2D eigenvalue weighted by Crippen LogP contribution is -2.39. The molecule has 0 bridgehead atoms. The first kappa shape index (κ1) is 14.8. The lowest BCUT2D eigenvalue weighted by molar-refractivity contribution is -0.138. The fraction of sp³-hybridized carbons (Fsp3) is 0.846. The number of carboxylic acid groups (broad SMARTS) is 1. The molecule has 1 saturated heterocycles. The van der Waals surface area contributed by atoms with E-state index in [9.17, 15) is 9.59 Å². The highest BCUT2D eigenvalue weighted by molar-refractivity contribution is 5.74. The molecule has 1 fully saturated rings. The number of likely N-dealkylation sites (tertiary alicyclic amines) is 1. The van der Waals surface area contributed by atoms with Gasteiger partial charge in [0.1, 0.15) is 0 Å². The summed E-state index contributed by atoms with van der Waals surface area (Å²) in [4.78, 5) is 24.1. The van der Waals surface area contributed by atoms with Crippen LogP contribution in [0.2, 0.25) is 0 Å². The van der Waals surface area contributed by atoms with Crippen molar-refractivity contribution in [1.29, 1.82) is 0 Å². The predicted molar refractivity (Wildman–Crippen MR) is 69.4 cm³/mol. The third-order valence-electron chi connectivity index (χ3n) is 3.19. The van der Waals surface area contributed by atoms with E-state index in [1.807, 2.05) is 0 Å². The quantitative estimate of drug-likeness (QED) is 0.807. The van der Waals surface area contributed by atoms with Gasteiger partial charge in [-0.2, -0.15) is 0 Å². The Kier molecular flexibility index (Phi) is 4.99. The molecule has 2 amide bonds. The zero-order valence-corrected chi connectivity index (χ0v) is 11.5. The van der Waals surface area contributed by atoms with Crippen LogP contribution in [0.4, 0.5) is 4.79 Å². The monoisotopic (exact) mass is 256 g/mol. The van der Waals surface area contributed by atoms with Gasteiger partial charge in [0.25, 0.3) is 0 Å². The Hall–Kier alpha value is -1.26. The molecular weight excluding hydrogens is 232 g/mol. The van der Waals surface area contributed by atoms with E-state index in [4.69, 9.17) is 5.11 Å². The zero-order valence-electron chi connectivity index (χ0n) is 11.5. The molecule has 18 heavy (non-hydrogen) atoms. The third-order valence-corrected chi connectivity index (χ3v) is 3.19. The summed E-state index contributed by atoms with van der Waals surface area (Å²) < 4.78 is 0. The average Bonchev–Trinajstić information content (AvgIpc) is 2.63. The van der Waals surface area contributed by atoms with Gasteiger partial charge in [0, 0.05) is 26.1 Å². The Morgan fingerprint density at radius 1 is 1.39 bits per heavy atom. The van der Waals surface area contributed by atoms with Crippen LogP contribution in [0.25, 0.3) is 0 Å². The van der Waals surface area contributed by atoms with Crippen molar-refractivity contribution in [3.63, 3.8) is 0 Å². The van der Waals surface area contributed by atoms with Crippen molar-refractivity contribution in [2.75, 3.05) is 19.6 Å². The van der Waals surface area contributed by atoms with Crippen molar-refractivity contribution >= 4 is 12.0 Å². The molecule has 1 rings (SSSR count). The maximum Gasteiger partial charge on any atom is 0.317 e. The van der Waals surface area contributed by atoms with Gasteiger partial charge in [-0.3, -0.25) is 4.79 Å². The van der Waals surface area contributed by atoms with Crippen molar-refractivity contribution in [3.05, 3.63) is 0 Å². The van der Waals surface area contributed by atoms with E-state index in [1.165, 1.54) is 0 Å². The summed E-state index contributed by atoms with van der Waals surface area (Å²) in [5, 5.41) is 11.6. The predicted octanol–water partition coefficient (Wildman–Crippen LogP) is 1.93. The van der Waals surface area contributed by atoms with Crippen LogP contribution < -0.4 is 5.32 Å². The molecule has 0 aromatic carbocycles. The van der Waals surface area contributed by atoms with Gasteiger partial charge in [0.2, 0.25) is 0 Å². The van der Waals surface area contributed by atoms with Gasteiger partial charge in [0.15, 0.2) is 0 Å². The summed E-state index contributed by atoms with van der Waals surface area (Å²) >= 11 is 0. The number of hydrogen-bond acceptors (Lipinski definition) is 2. The van der Waals surface area contributed by atoms with Crippen molar-refractivity contribution in [2.45, 2.75) is 40.0 Å². The van der Waals surface area contributed by atoms with E-state index in [0.717, 1.165) is 12.8 Å². The molecule has 0 radical (unpaired) electrons. The number of nitrogens with one attached hydrogen (secondary N) is 1. The fourth-order valence-corrected chi connectivity index (χ4v) is 2.09. The normalized spacial score (nSPS) is 19.9. The molecule has 5 heteroatoms. The summed E-state index contributed by atoms with van der Waals surface area (Å²) in [5.41, 5.74) is 0.212. The lowest BCUT2D eigenvalue weighted by Gasteiger charge is -2.21. The van der Waals surface area contributed by atoms with Gasteiger partial charge < -0.3 is 15.3 Å². The largest absolute Gasteiger partial charge is 0.481 e. The number of amides is 2. The molecule has 0 aliphatic carbocycles. The topological polar surface area (TPSA) is 69.6 Å². The van der Waals surface area contributed by atoms with E-state index in [1.54, 1.807) is 4.90 Å². The molecule has 0 spiro atoms. The first-order valence-electron chi connectivity index (χ1n) is 6.52. The van der Waals surface area contributed by atoms with Crippen molar-refractivity contribution in [3.8, 4) is 0 Å². The van der Waals surface area contributed by atoms with Crippen LogP contribution in [0.1, 0.15) is 40.0 Å². The molecular formula is C13H24N2O3. The van der Waals surface area contributed by atoms with Gasteiger partial charge >= 0.3 is 12.0 Å². The van der Waals surface area contributed by atoms with E-state index in [0.29, 0.717) is 19.6 Å². The Balaban J connectivity index is 2.25. The van der Waals surface area contributed by atoms with Crippen molar-refractivity contribution in [2.24, 2.45) is 11.3 Å². The van der Waals surface area contributed by atoms with Gasteiger partial charge in [-0.25, -0.2) is 4.79 Å². The van der Waals surface area contributed by atoms with E-state index < -0.39 is 5.97 Å². The summed E-state index contributed by atoms with van der Waals surface area (Å²) in [5.74, 6) is -0.675. The maximum atomic E-state index is 11.8. The maximum absolute atomic E-state index is 11.8. The Morgan fingerprint density at radius 2 is 2.06 bits per heavy atom. The molecule has 0 saturated carbocycles. The molecule has 0 aromatic heterocycles. The van der Waals surface area contributed by atoms with Crippen LogP contribution >= 0.6 is 0 Å². The lowest BCUT2D eigenvalue weighted by atomic mass is 9.92. The smallest absolute Gasteiger partial charge is 0.317 e. The Morgan fingerprint density at radius 3 is 2.61 bits per heavy atom. The summed E-state index contributed by atoms with van der Waals surface area (Å²) in [6.07, 6.45) is 1.88. The van der Waals surface area contributed by atoms with Gasteiger partial charge in [-0.1, -0.05) is 20.8 Å². The fourth-order valence-electron chi connectivity index (χ4n) is 2.09. The number of urea groups is 1. The highest BCUT2D eigenvalue weighted by Crippen LogP contribution is 2.20. The number of rotatable bonds is 4. The number of aliphatic carboxylic acids is 1. The highest BCUT2D eigenvalue weighted by Gasteiger charge is 2.27. The van der Waals surface area contributed by atoms with Crippen LogP contribution in [0, 0.1) is 11.3 Å². The van der Waals surface area contributed by atoms with Gasteiger partial charge in [0.05, 0.1) is 0 Å². The molecule has 0 aromatic rings. The Labute approximate surface area is 109 Å². The van der Waals surface area contributed by atoms with Crippen molar-refractivity contribution < 1.29 is 14.7 Å². The van der Waals surface area contributed by atoms with Gasteiger partial charge in [-0.15, -0.1) is 0 Å². The van der Waals surface area contributed by atoms with E-state index >= 15 is 0 Å². The standard InChI is InChI=1S/C13H24N2O3/c1-13(2,3)5-6-14-12(18)15-7-4-10(9-15)8-11(16)17/h10H,4-9H2,1-3H3,(H,14,18)(H,16,17). The first-order valence-corrected chi connectivity index (χ1v) is 6.52. The molecule has 2 N–H and O–H groups in total. The van der Waals surface area contributed by atoms with E-state index in [2.05, 4.69) is 26.1 Å². The molecule has 1 aliphatic heterocycles. The third kappa shape index (κ3) is 5.38. The van der Waals surface area contributed by atoms with Crippen LogP contribution in [0.15, 0.2) is 0 Å². The van der Waals surface area contributed by atoms with Crippen molar-refractivity contribution in [1.82, 2.24) is 10.2 Å². The van der Waals surface area contributed by atoms with Gasteiger partial charge in [-0.05, 0) is 24.2 Å². The van der Waals surface area contributed by atoms with Crippen LogP contribution in [0.3, 0.4) is 0 Å². The zero-order chi connectivity index (χ0) is 13.8. The second kappa shape index (κ2) is 6.07. The minimum atomic E-state index is -0.782. The van der Waals surface area contributed by atoms with Crippen LogP contribution in [-0.2, 0) is 4.79 Å². The number of carbonyl (C=O) groups excluding carboxylic acids is 1. The highest BCUT2D eigenvalue weighted by atomic mass is 16.4. The van der Waals surface area contributed by atoms with Crippen LogP contribution in [0.5, 0.6) is 0 Å². The molecule has 1 aliphatic rings. The average molecular weight is 256 g/mol. The summed E-state index contributed by atoms with van der Waals surface area (Å²) in [6, 6.07) is -0.0628. The molecule has 1 heterocycles. The summed E-state index contributed by atoms with van der Waals surface area (Å²) in [6.45, 7) is 8.31. The number of nitrogens with zero attached hydrogens (tertiary/aromatic N) is 1. The Bertz CT molecular complexity index is 310. The number of carbonyl (C=O) groups is 2. The molecule has 1 unspecified atom stereocenters. The molecule has 1 atom stereocenters. The second-order valence-electron chi connectivity index (χ2n) is 6.24. The molecule has 104 valence electrons. The summed E-state index contributed by atoms with van der Waals surface area (Å²) in [7, 11) is 0. The first-order chi connectivity index (χ1) is 8.28.